The van der Waals surface area contributed by atoms with Gasteiger partial charge in [-0.25, -0.2) is 0 Å². The minimum atomic E-state index is -0.170. The third-order valence-electron chi connectivity index (χ3n) is 3.91. The van der Waals surface area contributed by atoms with Crippen LogP contribution in [0.2, 0.25) is 0 Å². The number of nitrogens with one attached hydrogen (secondary N) is 1. The maximum absolute atomic E-state index is 12.1. The molecule has 1 unspecified atom stereocenters. The van der Waals surface area contributed by atoms with Gasteiger partial charge in [0.05, 0.1) is 18.6 Å². The van der Waals surface area contributed by atoms with Crippen LogP contribution in [0, 0.1) is 6.92 Å². The number of ether oxygens (including phenoxy) is 1. The van der Waals surface area contributed by atoms with Crippen molar-refractivity contribution in [2.24, 2.45) is 10.2 Å². The van der Waals surface area contributed by atoms with Crippen molar-refractivity contribution < 1.29 is 9.53 Å². The number of amidine groups is 1. The molecule has 0 spiro atoms. The number of hydrogen-bond acceptors (Lipinski definition) is 5. The van der Waals surface area contributed by atoms with Crippen LogP contribution in [0.4, 0.5) is 0 Å². The van der Waals surface area contributed by atoms with Crippen LogP contribution in [0.15, 0.2) is 58.7 Å². The van der Waals surface area contributed by atoms with Crippen molar-refractivity contribution in [1.29, 1.82) is 0 Å². The number of rotatable bonds is 5. The molecule has 2 aromatic rings. The van der Waals surface area contributed by atoms with Crippen molar-refractivity contribution in [2.75, 3.05) is 7.11 Å². The number of nitrogens with zero attached hydrogens (tertiary/aromatic N) is 2. The third kappa shape index (κ3) is 4.48. The van der Waals surface area contributed by atoms with Gasteiger partial charge < -0.3 is 10.1 Å². The van der Waals surface area contributed by atoms with Crippen molar-refractivity contribution >= 4 is 29.1 Å². The summed E-state index contributed by atoms with van der Waals surface area (Å²) in [5, 5.41) is 11.3. The number of benzene rings is 2. The number of aryl methyl sites for hydroxylation is 1. The SMILES string of the molecule is COc1ccc(C=NN=C2NC(=O)C(Cc3ccccc3C)S2)cc1. The van der Waals surface area contributed by atoms with Crippen LogP contribution in [0.3, 0.4) is 0 Å². The maximum atomic E-state index is 12.1. The normalized spacial score (nSPS) is 18.7. The Morgan fingerprint density at radius 2 is 1.96 bits per heavy atom. The van der Waals surface area contributed by atoms with Crippen LogP contribution in [0.5, 0.6) is 5.75 Å². The molecule has 0 aliphatic carbocycles. The second kappa shape index (κ2) is 7.98. The van der Waals surface area contributed by atoms with Crippen LogP contribution in [0.25, 0.3) is 0 Å². The van der Waals surface area contributed by atoms with Crippen molar-refractivity contribution in [2.45, 2.75) is 18.6 Å². The molecule has 1 fully saturated rings. The Hall–Kier alpha value is -2.60. The lowest BCUT2D eigenvalue weighted by molar-refractivity contribution is -0.118. The zero-order valence-corrected chi connectivity index (χ0v) is 14.9. The molecule has 0 radical (unpaired) electrons. The van der Waals surface area contributed by atoms with E-state index in [1.54, 1.807) is 13.3 Å². The minimum absolute atomic E-state index is 0.0216. The fourth-order valence-corrected chi connectivity index (χ4v) is 3.42. The van der Waals surface area contributed by atoms with Gasteiger partial charge in [0.15, 0.2) is 5.17 Å². The predicted molar refractivity (Wildman–Crippen MR) is 102 cm³/mol. The second-order valence-electron chi connectivity index (χ2n) is 5.65. The van der Waals surface area contributed by atoms with Gasteiger partial charge in [-0.15, -0.1) is 5.10 Å². The van der Waals surface area contributed by atoms with Crippen LogP contribution in [0.1, 0.15) is 16.7 Å². The van der Waals surface area contributed by atoms with Crippen molar-refractivity contribution in [3.05, 3.63) is 65.2 Å². The van der Waals surface area contributed by atoms with E-state index in [1.165, 1.54) is 22.9 Å². The molecule has 128 valence electrons. The molecule has 6 heteroatoms. The lowest BCUT2D eigenvalue weighted by atomic mass is 10.0. The maximum Gasteiger partial charge on any atom is 0.239 e. The molecule has 0 saturated carbocycles. The van der Waals surface area contributed by atoms with E-state index in [2.05, 4.69) is 34.6 Å². The van der Waals surface area contributed by atoms with Gasteiger partial charge in [-0.05, 0) is 54.3 Å². The Morgan fingerprint density at radius 3 is 2.68 bits per heavy atom. The van der Waals surface area contributed by atoms with E-state index < -0.39 is 0 Å². The molecule has 5 nitrogen and oxygen atoms in total. The molecule has 0 bridgehead atoms. The Morgan fingerprint density at radius 1 is 1.20 bits per heavy atom. The lowest BCUT2D eigenvalue weighted by Crippen LogP contribution is -2.26. The van der Waals surface area contributed by atoms with Crippen LogP contribution < -0.4 is 10.1 Å². The van der Waals surface area contributed by atoms with Crippen LogP contribution >= 0.6 is 11.8 Å². The summed E-state index contributed by atoms with van der Waals surface area (Å²) in [4.78, 5) is 12.1. The van der Waals surface area contributed by atoms with E-state index >= 15 is 0 Å². The molecule has 1 heterocycles. The van der Waals surface area contributed by atoms with Crippen LogP contribution in [-0.2, 0) is 11.2 Å². The van der Waals surface area contributed by atoms with Gasteiger partial charge in [0.25, 0.3) is 0 Å². The van der Waals surface area contributed by atoms with Gasteiger partial charge in [-0.3, -0.25) is 4.79 Å². The first-order chi connectivity index (χ1) is 12.2. The van der Waals surface area contributed by atoms with Gasteiger partial charge in [0.2, 0.25) is 5.91 Å². The first-order valence-electron chi connectivity index (χ1n) is 7.93. The fourth-order valence-electron chi connectivity index (χ4n) is 2.46. The molecular formula is C19H19N3O2S. The number of methoxy groups -OCH3 is 1. The Bertz CT molecular complexity index is 816. The Labute approximate surface area is 151 Å². The molecule has 1 aliphatic heterocycles. The summed E-state index contributed by atoms with van der Waals surface area (Å²) in [7, 11) is 1.63. The van der Waals surface area contributed by atoms with E-state index in [9.17, 15) is 4.79 Å². The standard InChI is InChI=1S/C19H19N3O2S/c1-13-5-3-4-6-15(13)11-17-18(23)21-19(25-17)22-20-12-14-7-9-16(24-2)10-8-14/h3-10,12,17H,11H2,1-2H3,(H,21,22,23). The van der Waals surface area contributed by atoms with Gasteiger partial charge in [0.1, 0.15) is 5.75 Å². The summed E-state index contributed by atoms with van der Waals surface area (Å²) in [6, 6.07) is 15.6. The van der Waals surface area contributed by atoms with E-state index in [4.69, 9.17) is 4.74 Å². The zero-order chi connectivity index (χ0) is 17.6. The summed E-state index contributed by atoms with van der Waals surface area (Å²) in [5.41, 5.74) is 3.29. The summed E-state index contributed by atoms with van der Waals surface area (Å²) < 4.78 is 5.11. The first-order valence-corrected chi connectivity index (χ1v) is 8.81. The third-order valence-corrected chi connectivity index (χ3v) is 4.99. The molecule has 0 aromatic heterocycles. The molecule has 1 atom stereocenters. The van der Waals surface area contributed by atoms with Crippen molar-refractivity contribution in [3.63, 3.8) is 0 Å². The lowest BCUT2D eigenvalue weighted by Gasteiger charge is -2.07. The number of amides is 1. The Kier molecular flexibility index (Phi) is 5.50. The molecule has 2 aromatic carbocycles. The predicted octanol–water partition coefficient (Wildman–Crippen LogP) is 3.17. The summed E-state index contributed by atoms with van der Waals surface area (Å²) in [5.74, 6) is 0.771. The monoisotopic (exact) mass is 353 g/mol. The second-order valence-corrected chi connectivity index (χ2v) is 6.84. The summed E-state index contributed by atoms with van der Waals surface area (Å²) >= 11 is 1.42. The molecule has 25 heavy (non-hydrogen) atoms. The highest BCUT2D eigenvalue weighted by Gasteiger charge is 2.30. The van der Waals surface area contributed by atoms with E-state index in [0.717, 1.165) is 11.3 Å². The number of carbonyl (C=O) groups excluding carboxylic acids is 1. The average molecular weight is 353 g/mol. The van der Waals surface area contributed by atoms with Gasteiger partial charge >= 0.3 is 0 Å². The Balaban J connectivity index is 1.62. The molecular weight excluding hydrogens is 334 g/mol. The molecule has 1 N–H and O–H groups in total. The topological polar surface area (TPSA) is 63.1 Å². The summed E-state index contributed by atoms with van der Waals surface area (Å²) in [6.45, 7) is 2.06. The summed E-state index contributed by atoms with van der Waals surface area (Å²) in [6.07, 6.45) is 2.33. The number of hydrogen-bond donors (Lipinski definition) is 1. The van der Waals surface area contributed by atoms with E-state index in [1.807, 2.05) is 36.4 Å². The van der Waals surface area contributed by atoms with Gasteiger partial charge in [0, 0.05) is 0 Å². The quantitative estimate of drug-likeness (QED) is 0.663. The highest BCUT2D eigenvalue weighted by atomic mass is 32.2. The highest BCUT2D eigenvalue weighted by molar-refractivity contribution is 8.15. The van der Waals surface area contributed by atoms with E-state index in [0.29, 0.717) is 11.6 Å². The number of carbonyl (C=O) groups is 1. The van der Waals surface area contributed by atoms with E-state index in [-0.39, 0.29) is 11.2 Å². The highest BCUT2D eigenvalue weighted by Crippen LogP contribution is 2.24. The van der Waals surface area contributed by atoms with Gasteiger partial charge in [-0.2, -0.15) is 5.10 Å². The van der Waals surface area contributed by atoms with Crippen molar-refractivity contribution in [1.82, 2.24) is 5.32 Å². The fraction of sp³-hybridized carbons (Fsp3) is 0.211. The zero-order valence-electron chi connectivity index (χ0n) is 14.1. The molecule has 3 rings (SSSR count). The van der Waals surface area contributed by atoms with Crippen LogP contribution in [-0.4, -0.2) is 29.6 Å². The average Bonchev–Trinajstić information content (AvgIpc) is 2.97. The van der Waals surface area contributed by atoms with Gasteiger partial charge in [-0.1, -0.05) is 36.0 Å². The molecule has 1 aliphatic rings. The molecule has 1 amide bonds. The smallest absolute Gasteiger partial charge is 0.239 e. The molecule has 1 saturated heterocycles. The number of thioether (sulfide) groups is 1. The largest absolute Gasteiger partial charge is 0.497 e. The minimum Gasteiger partial charge on any atom is -0.497 e. The van der Waals surface area contributed by atoms with Crippen molar-refractivity contribution in [3.8, 4) is 5.75 Å². The first kappa shape index (κ1) is 17.2.